The summed E-state index contributed by atoms with van der Waals surface area (Å²) in [4.78, 5) is 19.7. The van der Waals surface area contributed by atoms with E-state index >= 15 is 0 Å². The number of carbonyl (C=O) groups excluding carboxylic acids is 1. The lowest BCUT2D eigenvalue weighted by atomic mass is 10.1. The van der Waals surface area contributed by atoms with E-state index in [0.29, 0.717) is 18.3 Å². The number of nitrogens with one attached hydrogen (secondary N) is 1. The molecule has 22 heavy (non-hydrogen) atoms. The van der Waals surface area contributed by atoms with Crippen LogP contribution in [0.15, 0.2) is 22.0 Å². The van der Waals surface area contributed by atoms with Crippen LogP contribution in [0.4, 0.5) is 0 Å². The minimum absolute atomic E-state index is 0.0480. The first-order valence-corrected chi connectivity index (χ1v) is 8.46. The Bertz CT molecular complexity index is 611. The lowest BCUT2D eigenvalue weighted by molar-refractivity contribution is -0.126. The highest BCUT2D eigenvalue weighted by Gasteiger charge is 2.24. The van der Waals surface area contributed by atoms with Crippen LogP contribution in [0.5, 0.6) is 0 Å². The molecule has 0 saturated carbocycles. The van der Waals surface area contributed by atoms with E-state index in [1.54, 1.807) is 11.3 Å². The molecule has 1 fully saturated rings. The number of carbonyl (C=O) groups is 1. The minimum Gasteiger partial charge on any atom is -0.347 e. The van der Waals surface area contributed by atoms with Crippen molar-refractivity contribution in [2.45, 2.75) is 38.3 Å². The Morgan fingerprint density at radius 2 is 2.41 bits per heavy atom. The van der Waals surface area contributed by atoms with Crippen molar-refractivity contribution in [1.82, 2.24) is 20.4 Å². The van der Waals surface area contributed by atoms with Gasteiger partial charge in [0, 0.05) is 0 Å². The Morgan fingerprint density at radius 1 is 1.50 bits per heavy atom. The van der Waals surface area contributed by atoms with Crippen molar-refractivity contribution in [3.8, 4) is 10.8 Å². The van der Waals surface area contributed by atoms with E-state index < -0.39 is 0 Å². The van der Waals surface area contributed by atoms with Gasteiger partial charge < -0.3 is 9.84 Å². The maximum Gasteiger partial charge on any atom is 0.268 e. The molecule has 1 amide bonds. The van der Waals surface area contributed by atoms with Crippen LogP contribution < -0.4 is 5.32 Å². The van der Waals surface area contributed by atoms with Gasteiger partial charge in [0.25, 0.3) is 5.89 Å². The number of hydrogen-bond donors (Lipinski definition) is 1. The molecule has 1 atom stereocenters. The van der Waals surface area contributed by atoms with Crippen molar-refractivity contribution in [1.29, 1.82) is 0 Å². The maximum absolute atomic E-state index is 12.3. The minimum atomic E-state index is -0.0498. The van der Waals surface area contributed by atoms with Crippen molar-refractivity contribution in [2.24, 2.45) is 0 Å². The fourth-order valence-corrected chi connectivity index (χ4v) is 3.34. The van der Waals surface area contributed by atoms with Gasteiger partial charge in [0.1, 0.15) is 0 Å². The quantitative estimate of drug-likeness (QED) is 0.936. The summed E-state index contributed by atoms with van der Waals surface area (Å²) in [5, 5.41) is 8.80. The van der Waals surface area contributed by atoms with Gasteiger partial charge in [-0.3, -0.25) is 9.69 Å². The number of nitrogens with zero attached hydrogens (tertiary/aromatic N) is 3. The fourth-order valence-electron chi connectivity index (χ4n) is 2.69. The Kier molecular flexibility index (Phi) is 4.84. The van der Waals surface area contributed by atoms with Crippen LogP contribution in [0.3, 0.4) is 0 Å². The molecule has 0 radical (unpaired) electrons. The second-order valence-electron chi connectivity index (χ2n) is 5.56. The standard InChI is InChI=1S/C15H20N4O2S/c1-19-8-4-2-3-6-11(19)14(20)16-10-13-17-15(21-18-13)12-7-5-9-22-12/h5,7,9,11H,2-4,6,8,10H2,1H3,(H,16,20)/t11-/m0/s1. The molecule has 0 bridgehead atoms. The Morgan fingerprint density at radius 3 is 3.23 bits per heavy atom. The summed E-state index contributed by atoms with van der Waals surface area (Å²) in [7, 11) is 2.01. The molecule has 0 aromatic carbocycles. The molecule has 3 heterocycles. The van der Waals surface area contributed by atoms with Crippen LogP contribution in [0.25, 0.3) is 10.8 Å². The molecule has 2 aromatic rings. The Hall–Kier alpha value is -1.73. The lowest BCUT2D eigenvalue weighted by Gasteiger charge is -2.24. The van der Waals surface area contributed by atoms with E-state index in [2.05, 4.69) is 20.4 Å². The maximum atomic E-state index is 12.3. The van der Waals surface area contributed by atoms with Crippen LogP contribution in [0, 0.1) is 0 Å². The molecule has 3 rings (SSSR count). The SMILES string of the molecule is CN1CCCCC[C@H]1C(=O)NCc1noc(-c2cccs2)n1. The van der Waals surface area contributed by atoms with Crippen LogP contribution in [-0.2, 0) is 11.3 Å². The van der Waals surface area contributed by atoms with Crippen LogP contribution in [0.1, 0.15) is 31.5 Å². The third kappa shape index (κ3) is 3.53. The number of amides is 1. The summed E-state index contributed by atoms with van der Waals surface area (Å²) in [6.45, 7) is 1.28. The first kappa shape index (κ1) is 15.2. The van der Waals surface area contributed by atoms with Crippen LogP contribution in [0.2, 0.25) is 0 Å². The van der Waals surface area contributed by atoms with E-state index in [4.69, 9.17) is 4.52 Å². The number of hydrogen-bond acceptors (Lipinski definition) is 6. The number of rotatable bonds is 4. The van der Waals surface area contributed by atoms with Crippen LogP contribution >= 0.6 is 11.3 Å². The molecule has 0 unspecified atom stereocenters. The molecule has 1 saturated heterocycles. The van der Waals surface area contributed by atoms with E-state index in [0.717, 1.165) is 30.7 Å². The first-order chi connectivity index (χ1) is 10.7. The zero-order chi connectivity index (χ0) is 15.4. The van der Waals surface area contributed by atoms with Gasteiger partial charge in [0.15, 0.2) is 5.82 Å². The second kappa shape index (κ2) is 7.02. The van der Waals surface area contributed by atoms with Crippen molar-refractivity contribution >= 4 is 17.2 Å². The lowest BCUT2D eigenvalue weighted by Crippen LogP contribution is -2.44. The zero-order valence-corrected chi connectivity index (χ0v) is 13.4. The highest BCUT2D eigenvalue weighted by atomic mass is 32.1. The summed E-state index contributed by atoms with van der Waals surface area (Å²) in [6, 6.07) is 3.82. The van der Waals surface area contributed by atoms with Crippen molar-refractivity contribution in [3.63, 3.8) is 0 Å². The van der Waals surface area contributed by atoms with E-state index in [9.17, 15) is 4.79 Å². The van der Waals surface area contributed by atoms with Gasteiger partial charge in [0.2, 0.25) is 5.91 Å². The van der Waals surface area contributed by atoms with Gasteiger partial charge >= 0.3 is 0 Å². The molecule has 0 spiro atoms. The molecular formula is C15H20N4O2S. The van der Waals surface area contributed by atoms with Gasteiger partial charge in [-0.15, -0.1) is 11.3 Å². The number of thiophene rings is 1. The number of likely N-dealkylation sites (N-methyl/N-ethyl adjacent to an activating group) is 1. The van der Waals surface area contributed by atoms with E-state index in [1.165, 1.54) is 6.42 Å². The molecular weight excluding hydrogens is 300 g/mol. The average Bonchev–Trinajstić information content (AvgIpc) is 3.15. The van der Waals surface area contributed by atoms with Crippen molar-refractivity contribution in [3.05, 3.63) is 23.3 Å². The van der Waals surface area contributed by atoms with E-state index in [-0.39, 0.29) is 11.9 Å². The summed E-state index contributed by atoms with van der Waals surface area (Å²) < 4.78 is 5.22. The van der Waals surface area contributed by atoms with Gasteiger partial charge in [-0.25, -0.2) is 0 Å². The van der Waals surface area contributed by atoms with Gasteiger partial charge in [-0.1, -0.05) is 24.1 Å². The predicted molar refractivity (Wildman–Crippen MR) is 84.3 cm³/mol. The zero-order valence-electron chi connectivity index (χ0n) is 12.6. The number of likely N-dealkylation sites (tertiary alicyclic amines) is 1. The fraction of sp³-hybridized carbons (Fsp3) is 0.533. The van der Waals surface area contributed by atoms with Gasteiger partial charge in [-0.2, -0.15) is 4.98 Å². The first-order valence-electron chi connectivity index (χ1n) is 7.58. The van der Waals surface area contributed by atoms with Crippen LogP contribution in [-0.4, -0.2) is 40.6 Å². The largest absolute Gasteiger partial charge is 0.347 e. The molecule has 1 aliphatic heterocycles. The summed E-state index contributed by atoms with van der Waals surface area (Å²) >= 11 is 1.55. The number of aromatic nitrogens is 2. The Labute approximate surface area is 133 Å². The predicted octanol–water partition coefficient (Wildman–Crippen LogP) is 2.29. The summed E-state index contributed by atoms with van der Waals surface area (Å²) in [5.41, 5.74) is 0. The molecule has 0 aliphatic carbocycles. The molecule has 6 nitrogen and oxygen atoms in total. The van der Waals surface area contributed by atoms with Gasteiger partial charge in [0.05, 0.1) is 17.5 Å². The normalized spacial score (nSPS) is 19.8. The molecule has 7 heteroatoms. The van der Waals surface area contributed by atoms with E-state index in [1.807, 2.05) is 24.6 Å². The van der Waals surface area contributed by atoms with Crippen molar-refractivity contribution in [2.75, 3.05) is 13.6 Å². The molecule has 1 N–H and O–H groups in total. The Balaban J connectivity index is 1.56. The molecule has 118 valence electrons. The summed E-state index contributed by atoms with van der Waals surface area (Å²) in [6.07, 6.45) is 4.38. The average molecular weight is 320 g/mol. The van der Waals surface area contributed by atoms with Gasteiger partial charge in [-0.05, 0) is 37.9 Å². The smallest absolute Gasteiger partial charge is 0.268 e. The van der Waals surface area contributed by atoms with Crippen molar-refractivity contribution < 1.29 is 9.32 Å². The molecule has 1 aliphatic rings. The highest BCUT2D eigenvalue weighted by Crippen LogP contribution is 2.22. The topological polar surface area (TPSA) is 71.3 Å². The summed E-state index contributed by atoms with van der Waals surface area (Å²) in [5.74, 6) is 1.06. The second-order valence-corrected chi connectivity index (χ2v) is 6.50. The third-order valence-electron chi connectivity index (χ3n) is 3.94. The highest BCUT2D eigenvalue weighted by molar-refractivity contribution is 7.13. The molecule has 2 aromatic heterocycles. The third-order valence-corrected chi connectivity index (χ3v) is 4.80. The monoisotopic (exact) mass is 320 g/mol.